The maximum Gasteiger partial charge on any atom is 0.246 e. The van der Waals surface area contributed by atoms with Gasteiger partial charge in [0.2, 0.25) is 5.89 Å². The molecule has 0 aliphatic rings. The van der Waals surface area contributed by atoms with Crippen LogP contribution in [0.4, 0.5) is 0 Å². The number of rotatable bonds is 3. The van der Waals surface area contributed by atoms with Gasteiger partial charge in [0, 0.05) is 39.5 Å². The molecule has 192 valence electrons. The number of fused-ring (bicyclic) bond motifs is 7. The first-order chi connectivity index (χ1) is 20.3. The van der Waals surface area contributed by atoms with Gasteiger partial charge in [-0.2, -0.15) is 0 Å². The summed E-state index contributed by atoms with van der Waals surface area (Å²) < 4.78 is 10.6. The molecule has 0 saturated heterocycles. The molecule has 6 nitrogen and oxygen atoms in total. The Morgan fingerprint density at radius 3 is 1.85 bits per heavy atom. The quantitative estimate of drug-likeness (QED) is 0.231. The fourth-order valence-electron chi connectivity index (χ4n) is 6.10. The van der Waals surface area contributed by atoms with E-state index in [4.69, 9.17) is 9.40 Å². The zero-order valence-electron chi connectivity index (χ0n) is 21.8. The van der Waals surface area contributed by atoms with E-state index in [0.29, 0.717) is 17.2 Å². The first kappa shape index (κ1) is 22.1. The van der Waals surface area contributed by atoms with Crippen molar-refractivity contribution in [3.8, 4) is 23.0 Å². The summed E-state index contributed by atoms with van der Waals surface area (Å²) in [6.07, 6.45) is 5.29. The van der Waals surface area contributed by atoms with E-state index in [9.17, 15) is 0 Å². The Balaban J connectivity index is 1.30. The van der Waals surface area contributed by atoms with Crippen LogP contribution in [0.5, 0.6) is 0 Å². The van der Waals surface area contributed by atoms with E-state index in [2.05, 4.69) is 116 Å². The van der Waals surface area contributed by atoms with Gasteiger partial charge in [-0.1, -0.05) is 54.6 Å². The Bertz CT molecular complexity index is 2380. The molecule has 5 aromatic heterocycles. The van der Waals surface area contributed by atoms with E-state index in [1.54, 1.807) is 12.4 Å². The molecule has 0 radical (unpaired) electrons. The van der Waals surface area contributed by atoms with Gasteiger partial charge in [-0.3, -0.25) is 4.98 Å². The van der Waals surface area contributed by atoms with Crippen LogP contribution in [0.25, 0.3) is 77.7 Å². The van der Waals surface area contributed by atoms with Crippen LogP contribution in [0.15, 0.2) is 132 Å². The van der Waals surface area contributed by atoms with Crippen LogP contribution in [0.2, 0.25) is 0 Å². The summed E-state index contributed by atoms with van der Waals surface area (Å²) in [6.45, 7) is 0. The van der Waals surface area contributed by atoms with Gasteiger partial charge < -0.3 is 13.6 Å². The topological polar surface area (TPSA) is 61.7 Å². The van der Waals surface area contributed by atoms with E-state index in [0.717, 1.165) is 27.9 Å². The highest BCUT2D eigenvalue weighted by molar-refractivity contribution is 6.19. The van der Waals surface area contributed by atoms with Crippen molar-refractivity contribution in [2.24, 2.45) is 0 Å². The number of benzene rings is 4. The van der Waals surface area contributed by atoms with Crippen LogP contribution in [0.3, 0.4) is 0 Å². The second-order valence-electron chi connectivity index (χ2n) is 10.2. The largest absolute Gasteiger partial charge is 0.435 e. The molecule has 0 fully saturated rings. The minimum absolute atomic E-state index is 0.484. The van der Waals surface area contributed by atoms with Gasteiger partial charge in [-0.15, -0.1) is 0 Å². The van der Waals surface area contributed by atoms with Crippen LogP contribution in [0.1, 0.15) is 0 Å². The van der Waals surface area contributed by atoms with Crippen LogP contribution in [-0.2, 0) is 0 Å². The number of hydrogen-bond donors (Lipinski definition) is 0. The van der Waals surface area contributed by atoms with Crippen molar-refractivity contribution in [2.75, 3.05) is 0 Å². The minimum atomic E-state index is 0.484. The average Bonchev–Trinajstić information content (AvgIpc) is 3.71. The third-order valence-corrected chi connectivity index (χ3v) is 7.90. The van der Waals surface area contributed by atoms with Gasteiger partial charge in [-0.25, -0.2) is 9.97 Å². The van der Waals surface area contributed by atoms with Crippen LogP contribution < -0.4 is 0 Å². The van der Waals surface area contributed by atoms with E-state index in [1.165, 1.54) is 32.6 Å². The van der Waals surface area contributed by atoms with E-state index < -0.39 is 0 Å². The summed E-state index contributed by atoms with van der Waals surface area (Å²) in [5.41, 5.74) is 8.87. The van der Waals surface area contributed by atoms with Crippen molar-refractivity contribution in [1.82, 2.24) is 24.1 Å². The Morgan fingerprint density at radius 1 is 0.537 bits per heavy atom. The van der Waals surface area contributed by atoms with Crippen LogP contribution in [-0.4, -0.2) is 24.1 Å². The molecule has 0 spiro atoms. The second-order valence-corrected chi connectivity index (χ2v) is 10.2. The van der Waals surface area contributed by atoms with E-state index >= 15 is 0 Å². The highest BCUT2D eigenvalue weighted by Gasteiger charge is 2.18. The van der Waals surface area contributed by atoms with Gasteiger partial charge in [0.05, 0.1) is 40.1 Å². The smallest absolute Gasteiger partial charge is 0.246 e. The highest BCUT2D eigenvalue weighted by atomic mass is 16.3. The summed E-state index contributed by atoms with van der Waals surface area (Å²) in [5, 5.41) is 4.84. The Labute approximate surface area is 233 Å². The summed E-state index contributed by atoms with van der Waals surface area (Å²) in [6, 6.07) is 38.3. The molecule has 5 heterocycles. The summed E-state index contributed by atoms with van der Waals surface area (Å²) in [5.74, 6) is 0.484. The standard InChI is InChI=1S/C35H21N5O/c1-2-8-22(9-3-1)39-30-12-6-4-10-24(30)26-19-33-27(18-32(26)39)25-11-5-7-13-31(25)40(33)23-14-15-28(37-20-23)35-38-29-21-36-17-16-34(29)41-35/h1-21H. The van der Waals surface area contributed by atoms with Crippen molar-refractivity contribution < 1.29 is 4.42 Å². The normalized spacial score (nSPS) is 11.9. The van der Waals surface area contributed by atoms with Crippen LogP contribution >= 0.6 is 0 Å². The fraction of sp³-hybridized carbons (Fsp3) is 0. The number of nitrogens with zero attached hydrogens (tertiary/aromatic N) is 5. The molecule has 0 N–H and O–H groups in total. The van der Waals surface area contributed by atoms with Gasteiger partial charge in [0.1, 0.15) is 11.2 Å². The van der Waals surface area contributed by atoms with Gasteiger partial charge in [0.15, 0.2) is 5.58 Å². The molecule has 0 unspecified atom stereocenters. The lowest BCUT2D eigenvalue weighted by molar-refractivity contribution is 0.616. The number of aromatic nitrogens is 5. The highest BCUT2D eigenvalue weighted by Crippen LogP contribution is 2.39. The molecule has 0 saturated carbocycles. The third kappa shape index (κ3) is 3.22. The predicted molar refractivity (Wildman–Crippen MR) is 164 cm³/mol. The molecular formula is C35H21N5O. The summed E-state index contributed by atoms with van der Waals surface area (Å²) in [7, 11) is 0. The lowest BCUT2D eigenvalue weighted by Gasteiger charge is -2.09. The maximum atomic E-state index is 5.93. The molecule has 0 aliphatic heterocycles. The molecule has 9 aromatic rings. The molecule has 0 atom stereocenters. The maximum absolute atomic E-state index is 5.93. The SMILES string of the molecule is c1ccc(-n2c3ccccc3c3cc4c(cc32)c2ccccc2n4-c2ccc(-c3nc4cnccc4o3)nc2)cc1. The molecule has 0 amide bonds. The molecule has 9 rings (SSSR count). The number of hydrogen-bond acceptors (Lipinski definition) is 4. The zero-order chi connectivity index (χ0) is 26.9. The Hall–Kier alpha value is -5.75. The fourth-order valence-corrected chi connectivity index (χ4v) is 6.10. The monoisotopic (exact) mass is 527 g/mol. The summed E-state index contributed by atoms with van der Waals surface area (Å²) in [4.78, 5) is 13.5. The van der Waals surface area contributed by atoms with Crippen molar-refractivity contribution >= 4 is 54.7 Å². The van der Waals surface area contributed by atoms with Crippen LogP contribution in [0, 0.1) is 0 Å². The summed E-state index contributed by atoms with van der Waals surface area (Å²) >= 11 is 0. The molecule has 6 heteroatoms. The molecule has 41 heavy (non-hydrogen) atoms. The molecule has 0 bridgehead atoms. The van der Waals surface area contributed by atoms with Gasteiger partial charge >= 0.3 is 0 Å². The molecule has 4 aromatic carbocycles. The van der Waals surface area contributed by atoms with E-state index in [-0.39, 0.29) is 0 Å². The molecular weight excluding hydrogens is 506 g/mol. The Morgan fingerprint density at radius 2 is 1.20 bits per heavy atom. The first-order valence-corrected chi connectivity index (χ1v) is 13.5. The second kappa shape index (κ2) is 8.37. The predicted octanol–water partition coefficient (Wildman–Crippen LogP) is 8.48. The lowest BCUT2D eigenvalue weighted by atomic mass is 10.1. The zero-order valence-corrected chi connectivity index (χ0v) is 21.8. The van der Waals surface area contributed by atoms with Crippen molar-refractivity contribution in [3.63, 3.8) is 0 Å². The van der Waals surface area contributed by atoms with Gasteiger partial charge in [-0.05, 0) is 48.5 Å². The minimum Gasteiger partial charge on any atom is -0.435 e. The molecule has 0 aliphatic carbocycles. The Kier molecular flexibility index (Phi) is 4.51. The number of para-hydroxylation sites is 3. The third-order valence-electron chi connectivity index (χ3n) is 7.90. The van der Waals surface area contributed by atoms with Crippen molar-refractivity contribution in [2.45, 2.75) is 0 Å². The number of oxazole rings is 1. The van der Waals surface area contributed by atoms with Crippen molar-refractivity contribution in [1.29, 1.82) is 0 Å². The lowest BCUT2D eigenvalue weighted by Crippen LogP contribution is -1.96. The first-order valence-electron chi connectivity index (χ1n) is 13.5. The van der Waals surface area contributed by atoms with E-state index in [1.807, 2.05) is 18.3 Å². The average molecular weight is 528 g/mol. The van der Waals surface area contributed by atoms with Gasteiger partial charge in [0.25, 0.3) is 0 Å². The number of pyridine rings is 2. The van der Waals surface area contributed by atoms with Crippen molar-refractivity contribution in [3.05, 3.63) is 128 Å².